The van der Waals surface area contributed by atoms with Crippen LogP contribution in [0.1, 0.15) is 19.8 Å². The number of anilines is 2. The first-order valence-electron chi connectivity index (χ1n) is 9.36. The topological polar surface area (TPSA) is 44.4 Å². The Morgan fingerprint density at radius 3 is 2.41 bits per heavy atom. The van der Waals surface area contributed by atoms with Crippen LogP contribution in [0.15, 0.2) is 58.3 Å². The molecule has 1 saturated heterocycles. The third-order valence-electron chi connectivity index (χ3n) is 5.23. The van der Waals surface area contributed by atoms with Gasteiger partial charge in [-0.25, -0.2) is 0 Å². The molecule has 2 unspecified atom stereocenters. The van der Waals surface area contributed by atoms with Crippen molar-refractivity contribution in [2.45, 2.75) is 35.6 Å². The fourth-order valence-electron chi connectivity index (χ4n) is 3.74. The maximum Gasteiger partial charge on any atom is 0.222 e. The minimum Gasteiger partial charge on any atom is -0.353 e. The van der Waals surface area contributed by atoms with Gasteiger partial charge in [0.25, 0.3) is 0 Å². The largest absolute Gasteiger partial charge is 0.353 e. The lowest BCUT2D eigenvalue weighted by Gasteiger charge is -2.33. The Morgan fingerprint density at radius 2 is 1.78 bits per heavy atom. The van der Waals surface area contributed by atoms with Gasteiger partial charge in [0.1, 0.15) is 0 Å². The van der Waals surface area contributed by atoms with Gasteiger partial charge in [-0.15, -0.1) is 12.4 Å². The maximum atomic E-state index is 12.6. The molecular formula is C21H26ClN3OS. The third-order valence-corrected chi connectivity index (χ3v) is 6.36. The second kappa shape index (κ2) is 9.00. The molecule has 2 aliphatic rings. The molecule has 2 aromatic carbocycles. The van der Waals surface area contributed by atoms with Gasteiger partial charge in [-0.05, 0) is 49.7 Å². The number of amides is 1. The van der Waals surface area contributed by atoms with E-state index in [0.29, 0.717) is 24.9 Å². The fourth-order valence-corrected chi connectivity index (χ4v) is 4.84. The molecular weight excluding hydrogens is 378 g/mol. The highest BCUT2D eigenvalue weighted by molar-refractivity contribution is 7.99. The first kappa shape index (κ1) is 20.1. The average molecular weight is 404 g/mol. The van der Waals surface area contributed by atoms with Gasteiger partial charge in [0.2, 0.25) is 5.91 Å². The number of nitrogens with zero attached hydrogens (tertiary/aromatic N) is 1. The van der Waals surface area contributed by atoms with E-state index in [1.54, 1.807) is 11.8 Å². The summed E-state index contributed by atoms with van der Waals surface area (Å²) in [6, 6.07) is 17.2. The van der Waals surface area contributed by atoms with Crippen LogP contribution in [0, 0.1) is 5.92 Å². The highest BCUT2D eigenvalue weighted by Gasteiger charge is 2.25. The van der Waals surface area contributed by atoms with Crippen LogP contribution in [-0.4, -0.2) is 31.6 Å². The van der Waals surface area contributed by atoms with Gasteiger partial charge in [0, 0.05) is 28.8 Å². The Kier molecular flexibility index (Phi) is 6.68. The molecule has 0 spiro atoms. The van der Waals surface area contributed by atoms with E-state index in [1.807, 2.05) is 0 Å². The molecule has 0 aromatic heterocycles. The van der Waals surface area contributed by atoms with Crippen LogP contribution in [-0.2, 0) is 4.79 Å². The zero-order valence-electron chi connectivity index (χ0n) is 15.5. The molecule has 4 nitrogen and oxygen atoms in total. The SMILES string of the molecule is CC1CNCCC1NC(=O)CCN1c2ccccc2Sc2ccccc21.Cl. The number of nitrogens with one attached hydrogen (secondary N) is 2. The third kappa shape index (κ3) is 4.42. The first-order valence-corrected chi connectivity index (χ1v) is 10.2. The van der Waals surface area contributed by atoms with Crippen LogP contribution in [0.3, 0.4) is 0 Å². The van der Waals surface area contributed by atoms with Gasteiger partial charge < -0.3 is 15.5 Å². The van der Waals surface area contributed by atoms with E-state index in [9.17, 15) is 4.79 Å². The number of para-hydroxylation sites is 2. The Labute approximate surface area is 171 Å². The molecule has 6 heteroatoms. The van der Waals surface area contributed by atoms with Crippen molar-refractivity contribution >= 4 is 41.5 Å². The molecule has 0 radical (unpaired) electrons. The minimum absolute atomic E-state index is 0. The molecule has 27 heavy (non-hydrogen) atoms. The zero-order valence-corrected chi connectivity index (χ0v) is 17.1. The number of piperidine rings is 1. The zero-order chi connectivity index (χ0) is 17.9. The molecule has 4 rings (SSSR count). The second-order valence-corrected chi connectivity index (χ2v) is 8.17. The molecule has 0 aliphatic carbocycles. The summed E-state index contributed by atoms with van der Waals surface area (Å²) in [5, 5.41) is 6.63. The molecule has 0 saturated carbocycles. The molecule has 2 aliphatic heterocycles. The van der Waals surface area contributed by atoms with Gasteiger partial charge in [0.05, 0.1) is 11.4 Å². The molecule has 1 amide bonds. The Balaban J connectivity index is 0.00000210. The van der Waals surface area contributed by atoms with Crippen molar-refractivity contribution < 1.29 is 4.79 Å². The summed E-state index contributed by atoms with van der Waals surface area (Å²) in [6.07, 6.45) is 1.52. The smallest absolute Gasteiger partial charge is 0.222 e. The number of hydrogen-bond donors (Lipinski definition) is 2. The quantitative estimate of drug-likeness (QED) is 0.802. The van der Waals surface area contributed by atoms with Gasteiger partial charge in [-0.2, -0.15) is 0 Å². The van der Waals surface area contributed by atoms with Crippen molar-refractivity contribution in [2.24, 2.45) is 5.92 Å². The number of hydrogen-bond acceptors (Lipinski definition) is 4. The predicted molar refractivity (Wildman–Crippen MR) is 114 cm³/mol. The molecule has 2 heterocycles. The van der Waals surface area contributed by atoms with E-state index in [4.69, 9.17) is 0 Å². The van der Waals surface area contributed by atoms with Crippen LogP contribution in [0.4, 0.5) is 11.4 Å². The van der Waals surface area contributed by atoms with Crippen molar-refractivity contribution in [1.82, 2.24) is 10.6 Å². The number of rotatable bonds is 4. The van der Waals surface area contributed by atoms with Crippen LogP contribution >= 0.6 is 24.2 Å². The number of halogens is 1. The van der Waals surface area contributed by atoms with E-state index in [2.05, 4.69) is 71.0 Å². The fraction of sp³-hybridized carbons (Fsp3) is 0.381. The van der Waals surface area contributed by atoms with Crippen molar-refractivity contribution in [2.75, 3.05) is 24.5 Å². The lowest BCUT2D eigenvalue weighted by molar-refractivity contribution is -0.122. The molecule has 2 atom stereocenters. The molecule has 144 valence electrons. The normalized spacial score (nSPS) is 20.9. The second-order valence-electron chi connectivity index (χ2n) is 7.08. The van der Waals surface area contributed by atoms with Crippen LogP contribution in [0.5, 0.6) is 0 Å². The monoisotopic (exact) mass is 403 g/mol. The minimum atomic E-state index is 0. The molecule has 2 aromatic rings. The number of carbonyl (C=O) groups excluding carboxylic acids is 1. The Bertz CT molecular complexity index is 755. The van der Waals surface area contributed by atoms with Gasteiger partial charge in [-0.3, -0.25) is 4.79 Å². The van der Waals surface area contributed by atoms with Crippen molar-refractivity contribution in [3.8, 4) is 0 Å². The van der Waals surface area contributed by atoms with Crippen molar-refractivity contribution in [3.63, 3.8) is 0 Å². The summed E-state index contributed by atoms with van der Waals surface area (Å²) >= 11 is 1.80. The predicted octanol–water partition coefficient (Wildman–Crippen LogP) is 4.22. The molecule has 0 bridgehead atoms. The lowest BCUT2D eigenvalue weighted by Crippen LogP contribution is -2.48. The summed E-state index contributed by atoms with van der Waals surface area (Å²) < 4.78 is 0. The van der Waals surface area contributed by atoms with Gasteiger partial charge in [-0.1, -0.05) is 43.0 Å². The summed E-state index contributed by atoms with van der Waals surface area (Å²) in [5.41, 5.74) is 2.39. The van der Waals surface area contributed by atoms with Crippen LogP contribution in [0.25, 0.3) is 0 Å². The molecule has 2 N–H and O–H groups in total. The number of carbonyl (C=O) groups is 1. The number of benzene rings is 2. The van der Waals surface area contributed by atoms with Gasteiger partial charge in [0.15, 0.2) is 0 Å². The van der Waals surface area contributed by atoms with Crippen molar-refractivity contribution in [3.05, 3.63) is 48.5 Å². The van der Waals surface area contributed by atoms with E-state index >= 15 is 0 Å². The highest BCUT2D eigenvalue weighted by Crippen LogP contribution is 2.47. The van der Waals surface area contributed by atoms with E-state index < -0.39 is 0 Å². The van der Waals surface area contributed by atoms with Crippen LogP contribution < -0.4 is 15.5 Å². The average Bonchev–Trinajstić information content (AvgIpc) is 2.67. The van der Waals surface area contributed by atoms with E-state index in [1.165, 1.54) is 21.2 Å². The standard InChI is InChI=1S/C21H25N3OS.ClH/c1-15-14-22-12-10-16(15)23-21(25)11-13-24-17-6-2-4-8-19(17)26-20-9-5-3-7-18(20)24;/h2-9,15-16,22H,10-14H2,1H3,(H,23,25);1H. The molecule has 1 fully saturated rings. The lowest BCUT2D eigenvalue weighted by atomic mass is 9.95. The van der Waals surface area contributed by atoms with E-state index in [0.717, 1.165) is 19.5 Å². The summed E-state index contributed by atoms with van der Waals surface area (Å²) in [5.74, 6) is 0.637. The van der Waals surface area contributed by atoms with Crippen molar-refractivity contribution in [1.29, 1.82) is 0 Å². The van der Waals surface area contributed by atoms with E-state index in [-0.39, 0.29) is 18.3 Å². The van der Waals surface area contributed by atoms with Gasteiger partial charge >= 0.3 is 0 Å². The Morgan fingerprint density at radius 1 is 1.15 bits per heavy atom. The summed E-state index contributed by atoms with van der Waals surface area (Å²) in [4.78, 5) is 17.3. The number of fused-ring (bicyclic) bond motifs is 2. The first-order chi connectivity index (χ1) is 12.7. The summed E-state index contributed by atoms with van der Waals surface area (Å²) in [6.45, 7) is 4.86. The van der Waals surface area contributed by atoms with Crippen LogP contribution in [0.2, 0.25) is 0 Å². The highest BCUT2D eigenvalue weighted by atomic mass is 35.5. The maximum absolute atomic E-state index is 12.6. The summed E-state index contributed by atoms with van der Waals surface area (Å²) in [7, 11) is 0. The Hall–Kier alpha value is -1.69.